The van der Waals surface area contributed by atoms with Crippen LogP contribution in [0.5, 0.6) is 0 Å². The number of nitrogens with zero attached hydrogens (tertiary/aromatic N) is 3. The second-order valence-electron chi connectivity index (χ2n) is 5.03. The van der Waals surface area contributed by atoms with Gasteiger partial charge in [0, 0.05) is 16.1 Å². The smallest absolute Gasteiger partial charge is 0.251 e. The maximum absolute atomic E-state index is 12.3. The molecule has 7 heteroatoms. The van der Waals surface area contributed by atoms with Gasteiger partial charge in [0.25, 0.3) is 5.91 Å². The maximum atomic E-state index is 12.3. The standard InChI is InChI=1S/C16H14ClN5O/c1-10(13-4-2-3-5-14(13)17)18-16(23)12-8-6-11(7-9-12)15-19-21-22-20-15/h2-10H,1H3,(H,18,23)(H,19,20,21,22)/t10-/m0/s1. The lowest BCUT2D eigenvalue weighted by Gasteiger charge is -2.15. The van der Waals surface area contributed by atoms with Crippen molar-refractivity contribution < 1.29 is 4.79 Å². The molecule has 6 nitrogen and oxygen atoms in total. The minimum Gasteiger partial charge on any atom is -0.345 e. The largest absolute Gasteiger partial charge is 0.345 e. The molecule has 3 aromatic rings. The summed E-state index contributed by atoms with van der Waals surface area (Å²) in [4.78, 5) is 12.3. The van der Waals surface area contributed by atoms with Crippen molar-refractivity contribution in [1.82, 2.24) is 25.9 Å². The molecule has 0 saturated carbocycles. The molecule has 0 bridgehead atoms. The van der Waals surface area contributed by atoms with Crippen LogP contribution in [0.15, 0.2) is 48.5 Å². The fourth-order valence-corrected chi connectivity index (χ4v) is 2.54. The van der Waals surface area contributed by atoms with Gasteiger partial charge in [-0.3, -0.25) is 4.79 Å². The molecule has 1 amide bonds. The molecular formula is C16H14ClN5O. The number of carbonyl (C=O) groups is 1. The minimum absolute atomic E-state index is 0.169. The fraction of sp³-hybridized carbons (Fsp3) is 0.125. The zero-order valence-corrected chi connectivity index (χ0v) is 13.1. The van der Waals surface area contributed by atoms with Crippen LogP contribution in [-0.2, 0) is 0 Å². The van der Waals surface area contributed by atoms with Crippen molar-refractivity contribution in [3.8, 4) is 11.4 Å². The first-order valence-corrected chi connectivity index (χ1v) is 7.42. The van der Waals surface area contributed by atoms with Crippen LogP contribution in [0.1, 0.15) is 28.9 Å². The van der Waals surface area contributed by atoms with E-state index in [-0.39, 0.29) is 11.9 Å². The number of H-pyrrole nitrogens is 1. The third kappa shape index (κ3) is 3.37. The molecule has 2 aromatic carbocycles. The highest BCUT2D eigenvalue weighted by atomic mass is 35.5. The van der Waals surface area contributed by atoms with Crippen molar-refractivity contribution in [1.29, 1.82) is 0 Å². The summed E-state index contributed by atoms with van der Waals surface area (Å²) in [5.41, 5.74) is 2.22. The number of halogens is 1. The number of aromatic amines is 1. The third-order valence-corrected chi connectivity index (χ3v) is 3.81. The molecular weight excluding hydrogens is 314 g/mol. The Labute approximate surface area is 137 Å². The molecule has 0 fully saturated rings. The average Bonchev–Trinajstić information content (AvgIpc) is 3.09. The van der Waals surface area contributed by atoms with Gasteiger partial charge in [0.15, 0.2) is 0 Å². The van der Waals surface area contributed by atoms with Crippen LogP contribution in [0.4, 0.5) is 0 Å². The van der Waals surface area contributed by atoms with Crippen LogP contribution in [0.25, 0.3) is 11.4 Å². The molecule has 1 heterocycles. The molecule has 0 aliphatic heterocycles. The van der Waals surface area contributed by atoms with Crippen molar-refractivity contribution in [2.75, 3.05) is 0 Å². The molecule has 0 aliphatic rings. The number of benzene rings is 2. The van der Waals surface area contributed by atoms with Crippen LogP contribution in [-0.4, -0.2) is 26.5 Å². The quantitative estimate of drug-likeness (QED) is 0.771. The number of rotatable bonds is 4. The summed E-state index contributed by atoms with van der Waals surface area (Å²) < 4.78 is 0. The SMILES string of the molecule is C[C@H](NC(=O)c1ccc(-c2nn[nH]n2)cc1)c1ccccc1Cl. The van der Waals surface area contributed by atoms with E-state index in [1.165, 1.54) is 0 Å². The predicted molar refractivity (Wildman–Crippen MR) is 86.9 cm³/mol. The highest BCUT2D eigenvalue weighted by molar-refractivity contribution is 6.31. The molecule has 0 aliphatic carbocycles. The Hall–Kier alpha value is -2.73. The van der Waals surface area contributed by atoms with Crippen molar-refractivity contribution >= 4 is 17.5 Å². The molecule has 0 saturated heterocycles. The zero-order valence-electron chi connectivity index (χ0n) is 12.3. The van der Waals surface area contributed by atoms with E-state index in [1.54, 1.807) is 30.3 Å². The van der Waals surface area contributed by atoms with Crippen LogP contribution in [0.2, 0.25) is 5.02 Å². The van der Waals surface area contributed by atoms with E-state index >= 15 is 0 Å². The van der Waals surface area contributed by atoms with E-state index in [0.29, 0.717) is 16.4 Å². The number of aromatic nitrogens is 4. The molecule has 0 unspecified atom stereocenters. The topological polar surface area (TPSA) is 83.6 Å². The van der Waals surface area contributed by atoms with Crippen LogP contribution in [0, 0.1) is 0 Å². The lowest BCUT2D eigenvalue weighted by molar-refractivity contribution is 0.0940. The van der Waals surface area contributed by atoms with Gasteiger partial charge in [-0.25, -0.2) is 0 Å². The van der Waals surface area contributed by atoms with E-state index in [1.807, 2.05) is 25.1 Å². The average molecular weight is 328 g/mol. The van der Waals surface area contributed by atoms with E-state index in [4.69, 9.17) is 11.6 Å². The van der Waals surface area contributed by atoms with Crippen LogP contribution < -0.4 is 5.32 Å². The summed E-state index contributed by atoms with van der Waals surface area (Å²) in [5.74, 6) is 0.318. The number of hydrogen-bond acceptors (Lipinski definition) is 4. The normalized spacial score (nSPS) is 11.9. The number of tetrazole rings is 1. The highest BCUT2D eigenvalue weighted by Gasteiger charge is 2.14. The second-order valence-corrected chi connectivity index (χ2v) is 5.44. The first kappa shape index (κ1) is 15.2. The summed E-state index contributed by atoms with van der Waals surface area (Å²) in [6, 6.07) is 14.3. The van der Waals surface area contributed by atoms with E-state index in [9.17, 15) is 4.79 Å². The third-order valence-electron chi connectivity index (χ3n) is 3.47. The van der Waals surface area contributed by atoms with Gasteiger partial charge in [0.05, 0.1) is 6.04 Å². The van der Waals surface area contributed by atoms with Gasteiger partial charge in [-0.15, -0.1) is 10.2 Å². The zero-order chi connectivity index (χ0) is 16.2. The Morgan fingerprint density at radius 3 is 2.57 bits per heavy atom. The van der Waals surface area contributed by atoms with Gasteiger partial charge in [-0.2, -0.15) is 5.21 Å². The lowest BCUT2D eigenvalue weighted by Crippen LogP contribution is -2.26. The van der Waals surface area contributed by atoms with E-state index in [2.05, 4.69) is 25.9 Å². The summed E-state index contributed by atoms with van der Waals surface area (Å²) in [7, 11) is 0. The molecule has 1 aromatic heterocycles. The Balaban J connectivity index is 1.72. The van der Waals surface area contributed by atoms with E-state index < -0.39 is 0 Å². The van der Waals surface area contributed by atoms with Crippen LogP contribution >= 0.6 is 11.6 Å². The Bertz CT molecular complexity index is 802. The van der Waals surface area contributed by atoms with Crippen LogP contribution in [0.3, 0.4) is 0 Å². The van der Waals surface area contributed by atoms with Crippen molar-refractivity contribution in [2.45, 2.75) is 13.0 Å². The molecule has 23 heavy (non-hydrogen) atoms. The fourth-order valence-electron chi connectivity index (χ4n) is 2.24. The Morgan fingerprint density at radius 1 is 1.17 bits per heavy atom. The number of hydrogen-bond donors (Lipinski definition) is 2. The Kier molecular flexibility index (Phi) is 4.34. The first-order chi connectivity index (χ1) is 11.1. The molecule has 2 N–H and O–H groups in total. The summed E-state index contributed by atoms with van der Waals surface area (Å²) in [5, 5.41) is 17.3. The number of carbonyl (C=O) groups excluding carboxylic acids is 1. The molecule has 0 radical (unpaired) electrons. The molecule has 1 atom stereocenters. The summed E-state index contributed by atoms with van der Waals surface area (Å²) in [6.45, 7) is 1.90. The minimum atomic E-state index is -0.187. The number of amides is 1. The van der Waals surface area contributed by atoms with Crippen molar-refractivity contribution in [2.24, 2.45) is 0 Å². The van der Waals surface area contributed by atoms with Gasteiger partial charge in [0.2, 0.25) is 5.82 Å². The van der Waals surface area contributed by atoms with E-state index in [0.717, 1.165) is 11.1 Å². The first-order valence-electron chi connectivity index (χ1n) is 7.04. The van der Waals surface area contributed by atoms with Crippen molar-refractivity contribution in [3.63, 3.8) is 0 Å². The molecule has 116 valence electrons. The molecule has 0 spiro atoms. The monoisotopic (exact) mass is 327 g/mol. The van der Waals surface area contributed by atoms with Gasteiger partial charge in [-0.05, 0) is 35.9 Å². The highest BCUT2D eigenvalue weighted by Crippen LogP contribution is 2.22. The van der Waals surface area contributed by atoms with Gasteiger partial charge < -0.3 is 5.32 Å². The van der Waals surface area contributed by atoms with Gasteiger partial charge in [-0.1, -0.05) is 41.9 Å². The Morgan fingerprint density at radius 2 is 1.91 bits per heavy atom. The maximum Gasteiger partial charge on any atom is 0.251 e. The lowest BCUT2D eigenvalue weighted by atomic mass is 10.1. The second kappa shape index (κ2) is 6.58. The van der Waals surface area contributed by atoms with Gasteiger partial charge in [0.1, 0.15) is 0 Å². The van der Waals surface area contributed by atoms with Gasteiger partial charge >= 0.3 is 0 Å². The summed E-state index contributed by atoms with van der Waals surface area (Å²) >= 11 is 6.15. The number of nitrogens with one attached hydrogen (secondary N) is 2. The predicted octanol–water partition coefficient (Wildman–Crippen LogP) is 3.01. The van der Waals surface area contributed by atoms with Crippen molar-refractivity contribution in [3.05, 3.63) is 64.7 Å². The summed E-state index contributed by atoms with van der Waals surface area (Å²) in [6.07, 6.45) is 0. The molecule has 3 rings (SSSR count).